The molecule has 4 nitrogen and oxygen atoms in total. The molecule has 1 N–H and O–H groups in total. The fourth-order valence-corrected chi connectivity index (χ4v) is 4.12. The van der Waals surface area contributed by atoms with Gasteiger partial charge in [-0.1, -0.05) is 50.1 Å². The molecule has 1 fully saturated rings. The molecule has 0 heterocycles. The number of rotatable bonds is 7. The first-order valence-electron chi connectivity index (χ1n) is 9.65. The number of hydrogen-bond donors (Lipinski definition) is 1. The third kappa shape index (κ3) is 3.85. The lowest BCUT2D eigenvalue weighted by atomic mass is 10.0. The maximum atomic E-state index is 13.2. The second-order valence-electron chi connectivity index (χ2n) is 7.33. The molecule has 1 amide bonds. The molecule has 1 aliphatic rings. The molecule has 0 spiro atoms. The van der Waals surface area contributed by atoms with Gasteiger partial charge in [0.25, 0.3) is 0 Å². The molecule has 1 atom stereocenters. The van der Waals surface area contributed by atoms with Crippen LogP contribution in [0.4, 0.5) is 0 Å². The molecule has 140 valence electrons. The Bertz CT molecular complexity index is 753. The first-order valence-corrected chi connectivity index (χ1v) is 9.65. The van der Waals surface area contributed by atoms with Gasteiger partial charge in [0.15, 0.2) is 0 Å². The lowest BCUT2D eigenvalue weighted by molar-refractivity contribution is -0.137. The van der Waals surface area contributed by atoms with Crippen molar-refractivity contribution in [2.24, 2.45) is 5.92 Å². The fraction of sp³-hybridized carbons (Fsp3) is 0.500. The van der Waals surface area contributed by atoms with E-state index in [1.54, 1.807) is 7.11 Å². The third-order valence-electron chi connectivity index (χ3n) is 5.53. The van der Waals surface area contributed by atoms with E-state index in [-0.39, 0.29) is 11.8 Å². The highest BCUT2D eigenvalue weighted by molar-refractivity contribution is 5.88. The summed E-state index contributed by atoms with van der Waals surface area (Å²) in [7, 11) is 3.61. The van der Waals surface area contributed by atoms with Crippen molar-refractivity contribution in [1.82, 2.24) is 10.2 Å². The minimum Gasteiger partial charge on any atom is -0.496 e. The zero-order valence-corrected chi connectivity index (χ0v) is 16.1. The highest BCUT2D eigenvalue weighted by Crippen LogP contribution is 2.32. The Morgan fingerprint density at radius 1 is 1.23 bits per heavy atom. The SMILES string of the molecule is CNCC(C)C(=O)N(Cc1c(OC)ccc2ccccc12)C1CCCC1. The summed E-state index contributed by atoms with van der Waals surface area (Å²) in [5, 5.41) is 5.49. The smallest absolute Gasteiger partial charge is 0.227 e. The zero-order valence-electron chi connectivity index (χ0n) is 16.1. The third-order valence-corrected chi connectivity index (χ3v) is 5.53. The van der Waals surface area contributed by atoms with Crippen LogP contribution < -0.4 is 10.1 Å². The number of carbonyl (C=O) groups excluding carboxylic acids is 1. The van der Waals surface area contributed by atoms with Crippen LogP contribution in [0.5, 0.6) is 5.75 Å². The molecule has 2 aromatic carbocycles. The predicted octanol–water partition coefficient (Wildman–Crippen LogP) is 3.98. The molecule has 2 aromatic rings. The van der Waals surface area contributed by atoms with Crippen molar-refractivity contribution < 1.29 is 9.53 Å². The van der Waals surface area contributed by atoms with Gasteiger partial charge < -0.3 is 15.0 Å². The standard InChI is InChI=1S/C22H30N2O2/c1-16(14-23-2)22(25)24(18-9-5-6-10-18)15-20-19-11-7-4-8-17(19)12-13-21(20)26-3/h4,7-8,11-13,16,18,23H,5-6,9-10,14-15H2,1-3H3. The van der Waals surface area contributed by atoms with Crippen molar-refractivity contribution in [2.75, 3.05) is 20.7 Å². The summed E-state index contributed by atoms with van der Waals surface area (Å²) in [4.78, 5) is 15.3. The summed E-state index contributed by atoms with van der Waals surface area (Å²) in [6.45, 7) is 3.33. The molecular weight excluding hydrogens is 324 g/mol. The highest BCUT2D eigenvalue weighted by atomic mass is 16.5. The second kappa shape index (κ2) is 8.54. The largest absolute Gasteiger partial charge is 0.496 e. The fourth-order valence-electron chi connectivity index (χ4n) is 4.12. The van der Waals surface area contributed by atoms with Gasteiger partial charge in [0.2, 0.25) is 5.91 Å². The van der Waals surface area contributed by atoms with Gasteiger partial charge in [0.1, 0.15) is 5.75 Å². The van der Waals surface area contributed by atoms with E-state index in [1.165, 1.54) is 23.6 Å². The van der Waals surface area contributed by atoms with Gasteiger partial charge in [-0.05, 0) is 36.7 Å². The van der Waals surface area contributed by atoms with Crippen LogP contribution in [0.2, 0.25) is 0 Å². The van der Waals surface area contributed by atoms with Crippen molar-refractivity contribution in [3.63, 3.8) is 0 Å². The van der Waals surface area contributed by atoms with E-state index >= 15 is 0 Å². The maximum absolute atomic E-state index is 13.2. The van der Waals surface area contributed by atoms with E-state index in [0.29, 0.717) is 19.1 Å². The van der Waals surface area contributed by atoms with E-state index < -0.39 is 0 Å². The molecule has 1 unspecified atom stereocenters. The monoisotopic (exact) mass is 354 g/mol. The predicted molar refractivity (Wildman–Crippen MR) is 106 cm³/mol. The summed E-state index contributed by atoms with van der Waals surface area (Å²) in [6, 6.07) is 12.8. The Labute approximate surface area is 156 Å². The van der Waals surface area contributed by atoms with Crippen LogP contribution in [0.25, 0.3) is 10.8 Å². The van der Waals surface area contributed by atoms with E-state index in [4.69, 9.17) is 4.74 Å². The number of amides is 1. The summed E-state index contributed by atoms with van der Waals surface area (Å²) in [5.41, 5.74) is 1.11. The number of benzene rings is 2. The van der Waals surface area contributed by atoms with Crippen molar-refractivity contribution in [2.45, 2.75) is 45.2 Å². The number of carbonyl (C=O) groups is 1. The molecular formula is C22H30N2O2. The Kier molecular flexibility index (Phi) is 6.15. The number of hydrogen-bond acceptors (Lipinski definition) is 3. The molecule has 1 aliphatic carbocycles. The molecule has 0 radical (unpaired) electrons. The second-order valence-corrected chi connectivity index (χ2v) is 7.33. The molecule has 0 saturated heterocycles. The number of nitrogens with one attached hydrogen (secondary N) is 1. The lowest BCUT2D eigenvalue weighted by Crippen LogP contribution is -2.43. The highest BCUT2D eigenvalue weighted by Gasteiger charge is 2.30. The van der Waals surface area contributed by atoms with Crippen LogP contribution in [0.3, 0.4) is 0 Å². The normalized spacial score (nSPS) is 16.0. The van der Waals surface area contributed by atoms with E-state index in [0.717, 1.165) is 24.2 Å². The van der Waals surface area contributed by atoms with Crippen LogP contribution in [-0.2, 0) is 11.3 Å². The van der Waals surface area contributed by atoms with Crippen LogP contribution in [-0.4, -0.2) is 37.6 Å². The quantitative estimate of drug-likeness (QED) is 0.818. The number of fused-ring (bicyclic) bond motifs is 1. The Hall–Kier alpha value is -2.07. The van der Waals surface area contributed by atoms with Crippen LogP contribution >= 0.6 is 0 Å². The van der Waals surface area contributed by atoms with Crippen molar-refractivity contribution in [1.29, 1.82) is 0 Å². The zero-order chi connectivity index (χ0) is 18.5. The molecule has 0 aliphatic heterocycles. The lowest BCUT2D eigenvalue weighted by Gasteiger charge is -2.32. The van der Waals surface area contributed by atoms with Gasteiger partial charge in [-0.3, -0.25) is 4.79 Å². The van der Waals surface area contributed by atoms with Gasteiger partial charge in [0.05, 0.1) is 13.7 Å². The molecule has 4 heteroatoms. The molecule has 26 heavy (non-hydrogen) atoms. The Balaban J connectivity index is 1.98. The van der Waals surface area contributed by atoms with E-state index in [1.807, 2.05) is 26.1 Å². The van der Waals surface area contributed by atoms with E-state index in [2.05, 4.69) is 34.5 Å². The average molecular weight is 354 g/mol. The summed E-state index contributed by atoms with van der Waals surface area (Å²) in [6.07, 6.45) is 4.62. The summed E-state index contributed by atoms with van der Waals surface area (Å²) in [5.74, 6) is 1.07. The van der Waals surface area contributed by atoms with Crippen molar-refractivity contribution >= 4 is 16.7 Å². The van der Waals surface area contributed by atoms with Crippen LogP contribution in [0, 0.1) is 5.92 Å². The van der Waals surface area contributed by atoms with Gasteiger partial charge in [-0.15, -0.1) is 0 Å². The summed E-state index contributed by atoms with van der Waals surface area (Å²) < 4.78 is 5.65. The molecule has 1 saturated carbocycles. The average Bonchev–Trinajstić information content (AvgIpc) is 3.20. The Morgan fingerprint density at radius 2 is 1.96 bits per heavy atom. The first-order chi connectivity index (χ1) is 12.7. The molecule has 0 aromatic heterocycles. The van der Waals surface area contributed by atoms with Gasteiger partial charge >= 0.3 is 0 Å². The number of nitrogens with zero attached hydrogens (tertiary/aromatic N) is 1. The molecule has 0 bridgehead atoms. The van der Waals surface area contributed by atoms with Crippen molar-refractivity contribution in [3.8, 4) is 5.75 Å². The number of ether oxygens (including phenoxy) is 1. The Morgan fingerprint density at radius 3 is 2.65 bits per heavy atom. The minimum absolute atomic E-state index is 0.0263. The van der Waals surface area contributed by atoms with Gasteiger partial charge in [0, 0.05) is 24.1 Å². The van der Waals surface area contributed by atoms with Gasteiger partial charge in [-0.25, -0.2) is 0 Å². The topological polar surface area (TPSA) is 41.6 Å². The molecule has 3 rings (SSSR count). The van der Waals surface area contributed by atoms with Gasteiger partial charge in [-0.2, -0.15) is 0 Å². The number of methoxy groups -OCH3 is 1. The van der Waals surface area contributed by atoms with Crippen LogP contribution in [0.1, 0.15) is 38.2 Å². The van der Waals surface area contributed by atoms with Crippen molar-refractivity contribution in [3.05, 3.63) is 42.0 Å². The van der Waals surface area contributed by atoms with E-state index in [9.17, 15) is 4.79 Å². The first kappa shape index (κ1) is 18.7. The maximum Gasteiger partial charge on any atom is 0.227 e. The minimum atomic E-state index is -0.0263. The summed E-state index contributed by atoms with van der Waals surface area (Å²) >= 11 is 0. The van der Waals surface area contributed by atoms with Crippen LogP contribution in [0.15, 0.2) is 36.4 Å².